The number of benzene rings is 1. The second-order valence-electron chi connectivity index (χ2n) is 3.59. The molecule has 1 heterocycles. The van der Waals surface area contributed by atoms with Crippen molar-refractivity contribution < 1.29 is 4.39 Å². The average Bonchev–Trinajstić information content (AvgIpc) is 2.62. The smallest absolute Gasteiger partial charge is 0.142 e. The summed E-state index contributed by atoms with van der Waals surface area (Å²) >= 11 is 17.0. The minimum Gasteiger partial charge on any atom is -0.205 e. The van der Waals surface area contributed by atoms with Crippen molar-refractivity contribution >= 4 is 50.5 Å². The Bertz CT molecular complexity index is 534. The molecule has 90 valence electrons. The van der Waals surface area contributed by atoms with Gasteiger partial charge in [0.15, 0.2) is 0 Å². The van der Waals surface area contributed by atoms with E-state index in [1.165, 1.54) is 12.1 Å². The molecule has 1 atom stereocenters. The molecule has 2 aromatic rings. The summed E-state index contributed by atoms with van der Waals surface area (Å²) in [5.41, 5.74) is 0.710. The molecule has 0 spiro atoms. The van der Waals surface area contributed by atoms with Crippen molar-refractivity contribution in [2.24, 2.45) is 0 Å². The Labute approximate surface area is 121 Å². The third-order valence-corrected chi connectivity index (χ3v) is 5.49. The maximum Gasteiger partial charge on any atom is 0.142 e. The second kappa shape index (κ2) is 5.27. The number of hydrogen-bond donors (Lipinski definition) is 0. The first-order chi connectivity index (χ1) is 7.99. The van der Waals surface area contributed by atoms with Crippen molar-refractivity contribution in [2.75, 3.05) is 0 Å². The first-order valence-corrected chi connectivity index (χ1v) is 7.26. The number of hydrogen-bond acceptors (Lipinski definition) is 1. The molecule has 1 aromatic carbocycles. The van der Waals surface area contributed by atoms with Gasteiger partial charge in [0.1, 0.15) is 5.82 Å². The van der Waals surface area contributed by atoms with Crippen LogP contribution >= 0.6 is 50.5 Å². The van der Waals surface area contributed by atoms with Crippen LogP contribution in [0.25, 0.3) is 0 Å². The van der Waals surface area contributed by atoms with Gasteiger partial charge in [-0.05, 0) is 46.6 Å². The van der Waals surface area contributed by atoms with E-state index in [0.29, 0.717) is 5.56 Å². The highest BCUT2D eigenvalue weighted by molar-refractivity contribution is 9.10. The first kappa shape index (κ1) is 13.3. The van der Waals surface area contributed by atoms with Gasteiger partial charge in [0.2, 0.25) is 0 Å². The van der Waals surface area contributed by atoms with Gasteiger partial charge in [-0.15, -0.1) is 22.9 Å². The molecule has 0 aliphatic carbocycles. The molecule has 5 heteroatoms. The maximum absolute atomic E-state index is 13.3. The SMILES string of the molecule is Cc1sc(C(Cl)c2ccc(Cl)c(F)c2)cc1Br. The fourth-order valence-corrected chi connectivity index (χ4v) is 3.46. The monoisotopic (exact) mass is 352 g/mol. The first-order valence-electron chi connectivity index (χ1n) is 4.84. The second-order valence-corrected chi connectivity index (χ2v) is 6.57. The van der Waals surface area contributed by atoms with Gasteiger partial charge < -0.3 is 0 Å². The van der Waals surface area contributed by atoms with Gasteiger partial charge in [0, 0.05) is 14.2 Å². The zero-order valence-electron chi connectivity index (χ0n) is 8.81. The molecule has 0 radical (unpaired) electrons. The van der Waals surface area contributed by atoms with Gasteiger partial charge in [0.05, 0.1) is 10.4 Å². The highest BCUT2D eigenvalue weighted by Gasteiger charge is 2.16. The van der Waals surface area contributed by atoms with Crippen LogP contribution in [0.15, 0.2) is 28.7 Å². The Kier molecular flexibility index (Phi) is 4.14. The zero-order valence-corrected chi connectivity index (χ0v) is 12.7. The maximum atomic E-state index is 13.3. The summed E-state index contributed by atoms with van der Waals surface area (Å²) in [7, 11) is 0. The normalized spacial score (nSPS) is 12.8. The van der Waals surface area contributed by atoms with Crippen molar-refractivity contribution in [1.29, 1.82) is 0 Å². The topological polar surface area (TPSA) is 0 Å². The Hall–Kier alpha value is -0.0900. The summed E-state index contributed by atoms with van der Waals surface area (Å²) in [5, 5.41) is -0.238. The summed E-state index contributed by atoms with van der Waals surface area (Å²) < 4.78 is 14.4. The lowest BCUT2D eigenvalue weighted by molar-refractivity contribution is 0.626. The summed E-state index contributed by atoms with van der Waals surface area (Å²) in [6, 6.07) is 6.61. The molecule has 17 heavy (non-hydrogen) atoms. The minimum absolute atomic E-state index is 0.112. The average molecular weight is 354 g/mol. The zero-order chi connectivity index (χ0) is 12.6. The molecule has 0 aliphatic rings. The summed E-state index contributed by atoms with van der Waals surface area (Å²) in [4.78, 5) is 2.14. The van der Waals surface area contributed by atoms with Gasteiger partial charge in [0.25, 0.3) is 0 Å². The van der Waals surface area contributed by atoms with Crippen molar-refractivity contribution in [2.45, 2.75) is 12.3 Å². The number of alkyl halides is 1. The fraction of sp³-hybridized carbons (Fsp3) is 0.167. The van der Waals surface area contributed by atoms with Crippen LogP contribution in [0.4, 0.5) is 4.39 Å². The van der Waals surface area contributed by atoms with Gasteiger partial charge in [-0.3, -0.25) is 0 Å². The van der Waals surface area contributed by atoms with Crippen molar-refractivity contribution in [3.05, 3.63) is 54.9 Å². The van der Waals surface area contributed by atoms with E-state index in [9.17, 15) is 4.39 Å². The van der Waals surface area contributed by atoms with Crippen LogP contribution in [-0.4, -0.2) is 0 Å². The van der Waals surface area contributed by atoms with Crippen LogP contribution in [0.1, 0.15) is 20.7 Å². The summed E-state index contributed by atoms with van der Waals surface area (Å²) in [6.07, 6.45) is 0. The molecule has 0 fully saturated rings. The van der Waals surface area contributed by atoms with E-state index in [2.05, 4.69) is 15.9 Å². The number of thiophene rings is 1. The predicted molar refractivity (Wildman–Crippen MR) is 75.9 cm³/mol. The van der Waals surface area contributed by atoms with Gasteiger partial charge in [-0.2, -0.15) is 0 Å². The molecular formula is C12H8BrCl2FS. The molecule has 0 saturated heterocycles. The Morgan fingerprint density at radius 2 is 2.06 bits per heavy atom. The number of halogens is 4. The van der Waals surface area contributed by atoms with E-state index in [0.717, 1.165) is 14.2 Å². The summed E-state index contributed by atoms with van der Waals surface area (Å²) in [5.74, 6) is -0.442. The molecule has 1 unspecified atom stereocenters. The van der Waals surface area contributed by atoms with E-state index in [4.69, 9.17) is 23.2 Å². The molecule has 2 rings (SSSR count). The lowest BCUT2D eigenvalue weighted by atomic mass is 10.1. The van der Waals surface area contributed by atoms with E-state index in [1.54, 1.807) is 17.4 Å². The van der Waals surface area contributed by atoms with Crippen molar-refractivity contribution in [3.8, 4) is 0 Å². The molecule has 1 aromatic heterocycles. The number of rotatable bonds is 2. The van der Waals surface area contributed by atoms with Crippen LogP contribution in [0, 0.1) is 12.7 Å². The third kappa shape index (κ3) is 2.84. The van der Waals surface area contributed by atoms with Crippen LogP contribution < -0.4 is 0 Å². The van der Waals surface area contributed by atoms with Crippen LogP contribution in [0.3, 0.4) is 0 Å². The third-order valence-electron chi connectivity index (χ3n) is 2.36. The molecule has 0 nitrogen and oxygen atoms in total. The van der Waals surface area contributed by atoms with Crippen LogP contribution in [-0.2, 0) is 0 Å². The van der Waals surface area contributed by atoms with Crippen LogP contribution in [0.5, 0.6) is 0 Å². The van der Waals surface area contributed by atoms with Gasteiger partial charge in [-0.1, -0.05) is 17.7 Å². The van der Waals surface area contributed by atoms with Crippen LogP contribution in [0.2, 0.25) is 5.02 Å². The van der Waals surface area contributed by atoms with E-state index in [1.807, 2.05) is 13.0 Å². The molecule has 0 aliphatic heterocycles. The molecule has 0 N–H and O–H groups in total. The molecule has 0 amide bonds. The molecular weight excluding hydrogens is 346 g/mol. The van der Waals surface area contributed by atoms with Crippen molar-refractivity contribution in [3.63, 3.8) is 0 Å². The van der Waals surface area contributed by atoms with Crippen molar-refractivity contribution in [1.82, 2.24) is 0 Å². The van der Waals surface area contributed by atoms with Gasteiger partial charge in [-0.25, -0.2) is 4.39 Å². The largest absolute Gasteiger partial charge is 0.205 e. The Morgan fingerprint density at radius 3 is 2.59 bits per heavy atom. The Morgan fingerprint density at radius 1 is 1.35 bits per heavy atom. The van der Waals surface area contributed by atoms with E-state index in [-0.39, 0.29) is 10.4 Å². The summed E-state index contributed by atoms with van der Waals surface area (Å²) in [6.45, 7) is 2.00. The minimum atomic E-state index is -0.442. The van der Waals surface area contributed by atoms with Gasteiger partial charge >= 0.3 is 0 Å². The fourth-order valence-electron chi connectivity index (χ4n) is 1.44. The highest BCUT2D eigenvalue weighted by atomic mass is 79.9. The highest BCUT2D eigenvalue weighted by Crippen LogP contribution is 2.38. The predicted octanol–water partition coefficient (Wildman–Crippen LogP) is 5.94. The number of aryl methyl sites for hydroxylation is 1. The quantitative estimate of drug-likeness (QED) is 0.586. The molecule has 0 bridgehead atoms. The Balaban J connectivity index is 2.36. The van der Waals surface area contributed by atoms with E-state index >= 15 is 0 Å². The molecule has 0 saturated carbocycles. The lowest BCUT2D eigenvalue weighted by Crippen LogP contribution is -1.91. The van der Waals surface area contributed by atoms with E-state index < -0.39 is 5.82 Å². The standard InChI is InChI=1S/C12H8BrCl2FS/c1-6-8(13)5-11(17-6)12(15)7-2-3-9(14)10(16)4-7/h2-5,12H,1H3. The lowest BCUT2D eigenvalue weighted by Gasteiger charge is -2.08.